The van der Waals surface area contributed by atoms with Gasteiger partial charge in [-0.25, -0.2) is 14.6 Å². The van der Waals surface area contributed by atoms with Crippen molar-refractivity contribution >= 4 is 16.9 Å². The number of hydrogen-bond donors (Lipinski definition) is 2. The highest BCUT2D eigenvalue weighted by Gasteiger charge is 2.10. The van der Waals surface area contributed by atoms with Gasteiger partial charge >= 0.3 is 0 Å². The molecular formula is C11H17N5O. The van der Waals surface area contributed by atoms with Crippen molar-refractivity contribution in [2.75, 3.05) is 18.5 Å². The van der Waals surface area contributed by atoms with E-state index in [0.29, 0.717) is 12.4 Å². The maximum Gasteiger partial charge on any atom is 0.163 e. The second-order valence-corrected chi connectivity index (χ2v) is 3.87. The van der Waals surface area contributed by atoms with Gasteiger partial charge in [0.25, 0.3) is 0 Å². The van der Waals surface area contributed by atoms with Crippen molar-refractivity contribution in [1.29, 1.82) is 0 Å². The molecule has 2 N–H and O–H groups in total. The van der Waals surface area contributed by atoms with Crippen molar-refractivity contribution in [1.82, 2.24) is 19.7 Å². The van der Waals surface area contributed by atoms with E-state index in [4.69, 9.17) is 5.11 Å². The number of rotatable bonds is 5. The zero-order chi connectivity index (χ0) is 12.3. The van der Waals surface area contributed by atoms with E-state index in [2.05, 4.69) is 27.3 Å². The maximum atomic E-state index is 8.96. The average Bonchev–Trinajstić information content (AvgIpc) is 2.70. The number of aromatic nitrogens is 4. The number of nitrogens with one attached hydrogen (secondary N) is 1. The van der Waals surface area contributed by atoms with Gasteiger partial charge in [0.2, 0.25) is 0 Å². The van der Waals surface area contributed by atoms with Gasteiger partial charge in [-0.3, -0.25) is 0 Å². The van der Waals surface area contributed by atoms with E-state index < -0.39 is 0 Å². The number of anilines is 1. The van der Waals surface area contributed by atoms with E-state index in [9.17, 15) is 0 Å². The van der Waals surface area contributed by atoms with Crippen LogP contribution in [0.15, 0.2) is 6.20 Å². The van der Waals surface area contributed by atoms with Crippen molar-refractivity contribution in [3.8, 4) is 0 Å². The fourth-order valence-corrected chi connectivity index (χ4v) is 1.70. The molecule has 2 aromatic heterocycles. The second-order valence-electron chi connectivity index (χ2n) is 3.87. The van der Waals surface area contributed by atoms with Gasteiger partial charge < -0.3 is 10.4 Å². The van der Waals surface area contributed by atoms with Crippen LogP contribution in [0.2, 0.25) is 0 Å². The van der Waals surface area contributed by atoms with Crippen LogP contribution in [0.4, 0.5) is 5.82 Å². The highest BCUT2D eigenvalue weighted by molar-refractivity contribution is 5.86. The molecule has 2 rings (SSSR count). The Morgan fingerprint density at radius 1 is 1.41 bits per heavy atom. The molecule has 0 spiro atoms. The lowest BCUT2D eigenvalue weighted by Crippen LogP contribution is -2.07. The summed E-state index contributed by atoms with van der Waals surface area (Å²) in [6, 6.07) is 0. The van der Waals surface area contributed by atoms with Gasteiger partial charge in [-0.2, -0.15) is 5.10 Å². The molecule has 0 saturated heterocycles. The Kier molecular flexibility index (Phi) is 3.53. The fourth-order valence-electron chi connectivity index (χ4n) is 1.70. The summed E-state index contributed by atoms with van der Waals surface area (Å²) >= 11 is 0. The molecule has 0 bridgehead atoms. The first-order chi connectivity index (χ1) is 8.26. The Bertz CT molecular complexity index is 508. The summed E-state index contributed by atoms with van der Waals surface area (Å²) in [7, 11) is 0. The van der Waals surface area contributed by atoms with Gasteiger partial charge in [0.1, 0.15) is 11.6 Å². The van der Waals surface area contributed by atoms with Crippen molar-refractivity contribution < 1.29 is 5.11 Å². The van der Waals surface area contributed by atoms with Crippen LogP contribution in [0.5, 0.6) is 0 Å². The molecule has 0 aliphatic carbocycles. The molecule has 0 radical (unpaired) electrons. The van der Waals surface area contributed by atoms with E-state index in [0.717, 1.165) is 29.8 Å². The smallest absolute Gasteiger partial charge is 0.163 e. The molecule has 2 heterocycles. The van der Waals surface area contributed by atoms with Crippen molar-refractivity contribution in [3.05, 3.63) is 12.0 Å². The van der Waals surface area contributed by atoms with Gasteiger partial charge in [0, 0.05) is 6.54 Å². The van der Waals surface area contributed by atoms with E-state index in [1.54, 1.807) is 10.9 Å². The molecule has 0 fully saturated rings. The van der Waals surface area contributed by atoms with Crippen LogP contribution in [0, 0.1) is 6.92 Å². The summed E-state index contributed by atoms with van der Waals surface area (Å²) in [5.74, 6) is 1.52. The maximum absolute atomic E-state index is 8.96. The summed E-state index contributed by atoms with van der Waals surface area (Å²) in [6.07, 6.45) is 2.78. The summed E-state index contributed by atoms with van der Waals surface area (Å²) in [5.41, 5.74) is 0.769. The van der Waals surface area contributed by atoms with Crippen LogP contribution in [-0.4, -0.2) is 38.0 Å². The number of hydrogen-bond acceptors (Lipinski definition) is 5. The van der Waals surface area contributed by atoms with Gasteiger partial charge in [0.05, 0.1) is 24.7 Å². The zero-order valence-electron chi connectivity index (χ0n) is 10.1. The van der Waals surface area contributed by atoms with Crippen LogP contribution in [0.25, 0.3) is 11.0 Å². The molecule has 0 atom stereocenters. The van der Waals surface area contributed by atoms with Crippen molar-refractivity contribution in [2.45, 2.75) is 26.8 Å². The molecule has 0 amide bonds. The predicted molar refractivity (Wildman–Crippen MR) is 65.9 cm³/mol. The zero-order valence-corrected chi connectivity index (χ0v) is 10.1. The van der Waals surface area contributed by atoms with Gasteiger partial charge in [0.15, 0.2) is 5.65 Å². The van der Waals surface area contributed by atoms with E-state index in [1.165, 1.54) is 0 Å². The molecule has 6 nitrogen and oxygen atoms in total. The highest BCUT2D eigenvalue weighted by atomic mass is 16.3. The van der Waals surface area contributed by atoms with Crippen LogP contribution < -0.4 is 5.32 Å². The Balaban J connectivity index is 2.45. The summed E-state index contributed by atoms with van der Waals surface area (Å²) < 4.78 is 1.70. The van der Waals surface area contributed by atoms with Crippen molar-refractivity contribution in [2.24, 2.45) is 0 Å². The lowest BCUT2D eigenvalue weighted by Gasteiger charge is -2.06. The molecular weight excluding hydrogens is 218 g/mol. The lowest BCUT2D eigenvalue weighted by atomic mass is 10.3. The Hall–Kier alpha value is -1.69. The number of aliphatic hydroxyl groups excluding tert-OH is 1. The third-order valence-electron chi connectivity index (χ3n) is 2.46. The summed E-state index contributed by atoms with van der Waals surface area (Å²) in [4.78, 5) is 8.74. The second kappa shape index (κ2) is 5.09. The number of nitrogens with zero attached hydrogens (tertiary/aromatic N) is 4. The predicted octanol–water partition coefficient (Wildman–Crippen LogP) is 0.949. The Morgan fingerprint density at radius 3 is 2.94 bits per heavy atom. The Morgan fingerprint density at radius 2 is 2.24 bits per heavy atom. The van der Waals surface area contributed by atoms with Gasteiger partial charge in [-0.15, -0.1) is 0 Å². The molecule has 6 heteroatoms. The number of fused-ring (bicyclic) bond motifs is 1. The SMILES string of the molecule is CCCNc1nc(C)nc2c1cnn2CCO. The fraction of sp³-hybridized carbons (Fsp3) is 0.545. The van der Waals surface area contributed by atoms with Gasteiger partial charge in [-0.1, -0.05) is 6.92 Å². The molecule has 0 unspecified atom stereocenters. The summed E-state index contributed by atoms with van der Waals surface area (Å²) in [6.45, 7) is 5.34. The molecule has 2 aromatic rings. The minimum Gasteiger partial charge on any atom is -0.394 e. The molecule has 92 valence electrons. The molecule has 0 aromatic carbocycles. The largest absolute Gasteiger partial charge is 0.394 e. The van der Waals surface area contributed by atoms with Crippen LogP contribution >= 0.6 is 0 Å². The normalized spacial score (nSPS) is 11.0. The first-order valence-electron chi connectivity index (χ1n) is 5.81. The molecule has 0 aliphatic rings. The molecule has 0 aliphatic heterocycles. The minimum atomic E-state index is 0.0531. The first-order valence-corrected chi connectivity index (χ1v) is 5.81. The van der Waals surface area contributed by atoms with E-state index in [-0.39, 0.29) is 6.61 Å². The van der Waals surface area contributed by atoms with Gasteiger partial charge in [-0.05, 0) is 13.3 Å². The van der Waals surface area contributed by atoms with Crippen LogP contribution in [0.3, 0.4) is 0 Å². The number of aryl methyl sites for hydroxylation is 1. The average molecular weight is 235 g/mol. The topological polar surface area (TPSA) is 75.9 Å². The van der Waals surface area contributed by atoms with E-state index >= 15 is 0 Å². The van der Waals surface area contributed by atoms with Crippen LogP contribution in [0.1, 0.15) is 19.2 Å². The monoisotopic (exact) mass is 235 g/mol. The molecule has 0 saturated carbocycles. The minimum absolute atomic E-state index is 0.0531. The molecule has 17 heavy (non-hydrogen) atoms. The Labute approximate surface area is 99.7 Å². The first kappa shape index (κ1) is 11.8. The lowest BCUT2D eigenvalue weighted by molar-refractivity contribution is 0.271. The summed E-state index contributed by atoms with van der Waals surface area (Å²) in [5, 5.41) is 17.3. The standard InChI is InChI=1S/C11H17N5O/c1-3-4-12-10-9-7-13-16(5-6-17)11(9)15-8(2)14-10/h7,17H,3-6H2,1-2H3,(H,12,14,15). The quantitative estimate of drug-likeness (QED) is 0.807. The van der Waals surface area contributed by atoms with Crippen LogP contribution in [-0.2, 0) is 6.54 Å². The third kappa shape index (κ3) is 2.36. The third-order valence-corrected chi connectivity index (χ3v) is 2.46. The van der Waals surface area contributed by atoms with Crippen molar-refractivity contribution in [3.63, 3.8) is 0 Å². The highest BCUT2D eigenvalue weighted by Crippen LogP contribution is 2.19. The number of aliphatic hydroxyl groups is 1. The van der Waals surface area contributed by atoms with E-state index in [1.807, 2.05) is 6.92 Å².